The van der Waals surface area contributed by atoms with Gasteiger partial charge in [0.25, 0.3) is 0 Å². The van der Waals surface area contributed by atoms with Crippen molar-refractivity contribution in [3.63, 3.8) is 0 Å². The molecule has 0 saturated carbocycles. The molecule has 5 heteroatoms. The molecule has 0 atom stereocenters. The Kier molecular flexibility index (Phi) is 7.32. The lowest BCUT2D eigenvalue weighted by atomic mass is 10.0. The number of ether oxygens (including phenoxy) is 1. The van der Waals surface area contributed by atoms with E-state index < -0.39 is 0 Å². The normalized spacial score (nSPS) is 14.8. The summed E-state index contributed by atoms with van der Waals surface area (Å²) in [4.78, 5) is 17.3. The Morgan fingerprint density at radius 3 is 2.13 bits per heavy atom. The van der Waals surface area contributed by atoms with Crippen LogP contribution < -0.4 is 10.1 Å². The van der Waals surface area contributed by atoms with E-state index in [1.807, 2.05) is 72.8 Å². The Bertz CT molecular complexity index is 955. The zero-order chi connectivity index (χ0) is 21.3. The summed E-state index contributed by atoms with van der Waals surface area (Å²) in [5, 5.41) is 3.11. The summed E-state index contributed by atoms with van der Waals surface area (Å²) < 4.78 is 5.79. The van der Waals surface area contributed by atoms with E-state index in [-0.39, 0.29) is 5.91 Å². The Balaban J connectivity index is 1.22. The van der Waals surface area contributed by atoms with Crippen molar-refractivity contribution in [3.05, 3.63) is 84.9 Å². The number of nitrogens with zero attached hydrogens (tertiary/aromatic N) is 2. The van der Waals surface area contributed by atoms with Gasteiger partial charge in [-0.05, 0) is 23.8 Å². The van der Waals surface area contributed by atoms with Gasteiger partial charge in [0.15, 0.2) is 0 Å². The van der Waals surface area contributed by atoms with Gasteiger partial charge in [-0.1, -0.05) is 66.7 Å². The largest absolute Gasteiger partial charge is 0.492 e. The second-order valence-corrected chi connectivity index (χ2v) is 7.74. The van der Waals surface area contributed by atoms with Gasteiger partial charge in [0.05, 0.1) is 6.54 Å². The SMILES string of the molecule is O=C(CN1CCN(CCOc2ccccc2)CC1)Nc1ccccc1-c1ccccc1. The minimum Gasteiger partial charge on any atom is -0.492 e. The first-order chi connectivity index (χ1) is 15.3. The first-order valence-electron chi connectivity index (χ1n) is 10.8. The van der Waals surface area contributed by atoms with Crippen LogP contribution >= 0.6 is 0 Å². The molecule has 0 spiro atoms. The highest BCUT2D eigenvalue weighted by atomic mass is 16.5. The minimum absolute atomic E-state index is 0.0317. The van der Waals surface area contributed by atoms with Gasteiger partial charge in [0, 0.05) is 44.0 Å². The molecule has 31 heavy (non-hydrogen) atoms. The van der Waals surface area contributed by atoms with E-state index in [1.165, 1.54) is 0 Å². The second kappa shape index (κ2) is 10.8. The monoisotopic (exact) mass is 415 g/mol. The zero-order valence-electron chi connectivity index (χ0n) is 17.7. The number of piperazine rings is 1. The lowest BCUT2D eigenvalue weighted by molar-refractivity contribution is -0.117. The number of para-hydroxylation sites is 2. The van der Waals surface area contributed by atoms with Crippen molar-refractivity contribution >= 4 is 11.6 Å². The molecule has 5 nitrogen and oxygen atoms in total. The van der Waals surface area contributed by atoms with E-state index >= 15 is 0 Å². The van der Waals surface area contributed by atoms with Crippen LogP contribution in [-0.4, -0.2) is 61.6 Å². The topological polar surface area (TPSA) is 44.8 Å². The molecule has 1 aliphatic rings. The quantitative estimate of drug-likeness (QED) is 0.604. The second-order valence-electron chi connectivity index (χ2n) is 7.74. The molecule has 3 aromatic rings. The molecule has 1 N–H and O–H groups in total. The number of nitrogens with one attached hydrogen (secondary N) is 1. The smallest absolute Gasteiger partial charge is 0.238 e. The first kappa shape index (κ1) is 21.1. The predicted octanol–water partition coefficient (Wildman–Crippen LogP) is 3.99. The molecule has 1 aliphatic heterocycles. The predicted molar refractivity (Wildman–Crippen MR) is 125 cm³/mol. The summed E-state index contributed by atoms with van der Waals surface area (Å²) in [5.41, 5.74) is 3.00. The molecule has 0 unspecified atom stereocenters. The molecular formula is C26H29N3O2. The highest BCUT2D eigenvalue weighted by Crippen LogP contribution is 2.27. The summed E-state index contributed by atoms with van der Waals surface area (Å²) in [6, 6.07) is 28.0. The van der Waals surface area contributed by atoms with Gasteiger partial charge < -0.3 is 10.1 Å². The summed E-state index contributed by atoms with van der Waals surface area (Å²) in [6.07, 6.45) is 0. The maximum Gasteiger partial charge on any atom is 0.238 e. The van der Waals surface area contributed by atoms with Crippen molar-refractivity contribution in [2.45, 2.75) is 0 Å². The third-order valence-corrected chi connectivity index (χ3v) is 5.54. The molecule has 3 aromatic carbocycles. The molecule has 4 rings (SSSR count). The van der Waals surface area contributed by atoms with E-state index in [9.17, 15) is 4.79 Å². The van der Waals surface area contributed by atoms with E-state index in [4.69, 9.17) is 4.74 Å². The van der Waals surface area contributed by atoms with Gasteiger partial charge in [-0.2, -0.15) is 0 Å². The van der Waals surface area contributed by atoms with Crippen molar-refractivity contribution in [2.24, 2.45) is 0 Å². The molecule has 0 aromatic heterocycles. The standard InChI is InChI=1S/C26H29N3O2/c30-26(27-25-14-8-7-13-24(25)22-9-3-1-4-10-22)21-29-17-15-28(16-18-29)19-20-31-23-11-5-2-6-12-23/h1-14H,15-21H2,(H,27,30). The van der Waals surface area contributed by atoms with E-state index in [1.54, 1.807) is 0 Å². The number of carbonyl (C=O) groups excluding carboxylic acids is 1. The number of benzene rings is 3. The summed E-state index contributed by atoms with van der Waals surface area (Å²) >= 11 is 0. The Hall–Kier alpha value is -3.15. The van der Waals surface area contributed by atoms with E-state index in [0.717, 1.165) is 55.3 Å². The van der Waals surface area contributed by atoms with Crippen LogP contribution in [0.4, 0.5) is 5.69 Å². The van der Waals surface area contributed by atoms with Crippen LogP contribution in [0.2, 0.25) is 0 Å². The molecule has 1 saturated heterocycles. The molecule has 160 valence electrons. The lowest BCUT2D eigenvalue weighted by Gasteiger charge is -2.34. The number of hydrogen-bond acceptors (Lipinski definition) is 4. The van der Waals surface area contributed by atoms with Crippen LogP contribution in [0.1, 0.15) is 0 Å². The van der Waals surface area contributed by atoms with Crippen LogP contribution in [-0.2, 0) is 4.79 Å². The minimum atomic E-state index is 0.0317. The Labute approximate surface area is 184 Å². The third-order valence-electron chi connectivity index (χ3n) is 5.54. The van der Waals surface area contributed by atoms with Gasteiger partial charge in [-0.25, -0.2) is 0 Å². The fourth-order valence-electron chi connectivity index (χ4n) is 3.83. The molecular weight excluding hydrogens is 386 g/mol. The van der Waals surface area contributed by atoms with Gasteiger partial charge >= 0.3 is 0 Å². The molecule has 1 fully saturated rings. The number of rotatable bonds is 8. The van der Waals surface area contributed by atoms with Crippen molar-refractivity contribution < 1.29 is 9.53 Å². The maximum absolute atomic E-state index is 12.7. The maximum atomic E-state index is 12.7. The van der Waals surface area contributed by atoms with Crippen molar-refractivity contribution in [1.82, 2.24) is 9.80 Å². The van der Waals surface area contributed by atoms with Crippen LogP contribution in [0.15, 0.2) is 84.9 Å². The molecule has 0 radical (unpaired) electrons. The average Bonchev–Trinajstić information content (AvgIpc) is 2.82. The first-order valence-corrected chi connectivity index (χ1v) is 10.8. The van der Waals surface area contributed by atoms with E-state index in [0.29, 0.717) is 13.2 Å². The van der Waals surface area contributed by atoms with Crippen LogP contribution in [0.5, 0.6) is 5.75 Å². The molecule has 0 aliphatic carbocycles. The van der Waals surface area contributed by atoms with Gasteiger partial charge in [0.1, 0.15) is 12.4 Å². The number of amides is 1. The molecule has 0 bridgehead atoms. The molecule has 1 amide bonds. The van der Waals surface area contributed by atoms with Crippen molar-refractivity contribution in [3.8, 4) is 16.9 Å². The van der Waals surface area contributed by atoms with Crippen LogP contribution in [0.25, 0.3) is 11.1 Å². The third kappa shape index (κ3) is 6.17. The lowest BCUT2D eigenvalue weighted by Crippen LogP contribution is -2.49. The van der Waals surface area contributed by atoms with Gasteiger partial charge in [-0.15, -0.1) is 0 Å². The Morgan fingerprint density at radius 1 is 0.774 bits per heavy atom. The number of carbonyl (C=O) groups is 1. The fraction of sp³-hybridized carbons (Fsp3) is 0.269. The number of anilines is 1. The molecule has 1 heterocycles. The van der Waals surface area contributed by atoms with Crippen LogP contribution in [0, 0.1) is 0 Å². The van der Waals surface area contributed by atoms with E-state index in [2.05, 4.69) is 27.2 Å². The Morgan fingerprint density at radius 2 is 1.39 bits per heavy atom. The van der Waals surface area contributed by atoms with Crippen LogP contribution in [0.3, 0.4) is 0 Å². The van der Waals surface area contributed by atoms with Crippen molar-refractivity contribution in [2.75, 3.05) is 51.2 Å². The summed E-state index contributed by atoms with van der Waals surface area (Å²) in [7, 11) is 0. The summed E-state index contributed by atoms with van der Waals surface area (Å²) in [5.74, 6) is 0.942. The highest BCUT2D eigenvalue weighted by Gasteiger charge is 2.19. The van der Waals surface area contributed by atoms with Crippen molar-refractivity contribution in [1.29, 1.82) is 0 Å². The zero-order valence-corrected chi connectivity index (χ0v) is 17.7. The van der Waals surface area contributed by atoms with Gasteiger partial charge in [0.2, 0.25) is 5.91 Å². The highest BCUT2D eigenvalue weighted by molar-refractivity contribution is 5.96. The van der Waals surface area contributed by atoms with Gasteiger partial charge in [-0.3, -0.25) is 14.6 Å². The number of hydrogen-bond donors (Lipinski definition) is 1. The average molecular weight is 416 g/mol. The summed E-state index contributed by atoms with van der Waals surface area (Å²) in [6.45, 7) is 5.67. The fourth-order valence-corrected chi connectivity index (χ4v) is 3.83.